The Morgan fingerprint density at radius 3 is 1.84 bits per heavy atom. The maximum Gasteiger partial charge on any atom is 0.326 e. The van der Waals surface area contributed by atoms with Gasteiger partial charge in [0.2, 0.25) is 47.3 Å². The molecule has 9 unspecified atom stereocenters. The number of phenolic OH excluding ortho intramolecular Hbond substituents is 1. The predicted molar refractivity (Wildman–Crippen MR) is 273 cm³/mol. The second kappa shape index (κ2) is 28.3. The summed E-state index contributed by atoms with van der Waals surface area (Å²) >= 11 is 0. The minimum Gasteiger partial charge on any atom is -0.508 e. The summed E-state index contributed by atoms with van der Waals surface area (Å²) in [5.74, 6) is -9.05. The molecule has 0 bridgehead atoms. The average Bonchev–Trinajstić information content (AvgIpc) is 4.06. The van der Waals surface area contributed by atoms with E-state index in [1.54, 1.807) is 58.0 Å². The van der Waals surface area contributed by atoms with E-state index in [9.17, 15) is 53.4 Å². The second-order valence-corrected chi connectivity index (χ2v) is 18.9. The first-order chi connectivity index (χ1) is 35.0. The average molecular weight is 1030 g/mol. The van der Waals surface area contributed by atoms with Gasteiger partial charge in [-0.05, 0) is 60.8 Å². The Balaban J connectivity index is 1.56. The van der Waals surface area contributed by atoms with E-state index in [1.807, 2.05) is 0 Å². The van der Waals surface area contributed by atoms with Crippen LogP contribution in [0, 0.1) is 11.8 Å². The van der Waals surface area contributed by atoms with Crippen LogP contribution in [0.4, 0.5) is 0 Å². The highest BCUT2D eigenvalue weighted by Gasteiger charge is 2.41. The molecule has 2 heterocycles. The number of phenols is 1. The second-order valence-electron chi connectivity index (χ2n) is 18.9. The number of carbonyl (C=O) groups excluding carboxylic acids is 8. The van der Waals surface area contributed by atoms with Crippen LogP contribution in [0.15, 0.2) is 69.6 Å². The lowest BCUT2D eigenvalue weighted by Crippen LogP contribution is -2.62. The molecule has 0 aromatic heterocycles. The fraction of sp³-hybridized carbons (Fsp3) is 0.510. The Bertz CT molecular complexity index is 2380. The zero-order chi connectivity index (χ0) is 54.6. The van der Waals surface area contributed by atoms with Crippen molar-refractivity contribution < 1.29 is 53.4 Å². The number of carboxylic acids is 1. The molecule has 16 N–H and O–H groups in total. The van der Waals surface area contributed by atoms with E-state index < -0.39 is 126 Å². The number of guanidine groups is 1. The summed E-state index contributed by atoms with van der Waals surface area (Å²) in [6, 6.07) is 3.53. The molecule has 2 aliphatic heterocycles. The summed E-state index contributed by atoms with van der Waals surface area (Å²) in [6.07, 6.45) is 2.83. The van der Waals surface area contributed by atoms with Crippen LogP contribution in [0.1, 0.15) is 77.3 Å². The molecule has 2 aromatic rings. The molecular formula is C49H70N14O11. The Hall–Kier alpha value is -7.96. The van der Waals surface area contributed by atoms with Crippen LogP contribution < -0.4 is 54.8 Å². The van der Waals surface area contributed by atoms with Crippen molar-refractivity contribution >= 4 is 71.7 Å². The van der Waals surface area contributed by atoms with Crippen molar-refractivity contribution in [3.8, 4) is 5.75 Å². The number of carboxylic acid groups (broad SMARTS) is 1. The maximum atomic E-state index is 14.5. The third-order valence-electron chi connectivity index (χ3n) is 12.2. The van der Waals surface area contributed by atoms with Gasteiger partial charge in [0, 0.05) is 38.6 Å². The first-order valence-electron chi connectivity index (χ1n) is 24.4. The summed E-state index contributed by atoms with van der Waals surface area (Å²) in [6.45, 7) is 6.76. The summed E-state index contributed by atoms with van der Waals surface area (Å²) in [5.41, 5.74) is 23.1. The standard InChI is InChI=1S/C49H70N14O11/c1-26(2)39(61-42(67)33(12-8-18-55-49(52)53)57-41(66)32(50)23-38(51)65)45(70)58-34(20-29-14-16-31(64)17-15-29)43(68)62-40(27(3)4)46(71)59-35(22-30-24-54-25-56-30)47(72)63-19-9-13-37(63)44(69)60-36(48(73)74)21-28-10-6-5-7-11-28/h5-7,10-11,14-17,24-27,30,32-37,39-40,64H,8-9,12-13,18-23,50H2,1-4H3,(H2,51,65)(H,57,66)(H,58,70)(H,59,71)(H,60,69)(H,61,67)(H,62,68)(H,73,74)(H4,52,53,55). The number of benzene rings is 2. The van der Waals surface area contributed by atoms with Crippen molar-refractivity contribution in [2.24, 2.45) is 49.7 Å². The number of likely N-dealkylation sites (tertiary alicyclic amines) is 1. The lowest BCUT2D eigenvalue weighted by atomic mass is 9.98. The Morgan fingerprint density at radius 2 is 1.28 bits per heavy atom. The highest BCUT2D eigenvalue weighted by atomic mass is 16.4. The van der Waals surface area contributed by atoms with Gasteiger partial charge in [-0.25, -0.2) is 9.79 Å². The number of amides is 8. The summed E-state index contributed by atoms with van der Waals surface area (Å²) in [7, 11) is 0. The highest BCUT2D eigenvalue weighted by molar-refractivity contribution is 5.98. The fourth-order valence-electron chi connectivity index (χ4n) is 8.24. The molecule has 1 saturated heterocycles. The SMILES string of the molecule is CC(C)C(NC(=O)C(CCCN=C(N)N)NC(=O)C(N)CC(N)=O)C(=O)NC(Cc1ccc(O)cc1)C(=O)NC(C(=O)NC(CC1C=NC=N1)C(=O)N1CCCC1C(=O)NC(Cc1ccccc1)C(=O)O)C(C)C. The van der Waals surface area contributed by atoms with Gasteiger partial charge in [-0.15, -0.1) is 0 Å². The van der Waals surface area contributed by atoms with Gasteiger partial charge in [-0.2, -0.15) is 0 Å². The van der Waals surface area contributed by atoms with Gasteiger partial charge in [-0.1, -0.05) is 70.2 Å². The van der Waals surface area contributed by atoms with E-state index in [2.05, 4.69) is 46.9 Å². The summed E-state index contributed by atoms with van der Waals surface area (Å²) in [4.78, 5) is 135. The Labute approximate surface area is 428 Å². The number of nitrogens with zero attached hydrogens (tertiary/aromatic N) is 4. The fourth-order valence-corrected chi connectivity index (χ4v) is 8.24. The summed E-state index contributed by atoms with van der Waals surface area (Å²) in [5, 5.41) is 35.9. The van der Waals surface area contributed by atoms with E-state index in [1.165, 1.54) is 41.7 Å². The maximum absolute atomic E-state index is 14.5. The van der Waals surface area contributed by atoms with E-state index >= 15 is 0 Å². The normalized spacial score (nSPS) is 17.7. The molecule has 0 saturated carbocycles. The smallest absolute Gasteiger partial charge is 0.326 e. The number of carbonyl (C=O) groups is 9. The third kappa shape index (κ3) is 18.3. The number of aliphatic imine (C=N–C) groups is 3. The molecule has 0 aliphatic carbocycles. The quantitative estimate of drug-likeness (QED) is 0.0240. The first-order valence-corrected chi connectivity index (χ1v) is 24.4. The lowest BCUT2D eigenvalue weighted by Gasteiger charge is -2.32. The number of aliphatic carboxylic acids is 1. The Morgan fingerprint density at radius 1 is 0.716 bits per heavy atom. The molecule has 4 rings (SSSR count). The van der Waals surface area contributed by atoms with Gasteiger partial charge < -0.3 is 69.9 Å². The highest BCUT2D eigenvalue weighted by Crippen LogP contribution is 2.22. The van der Waals surface area contributed by atoms with E-state index in [0.717, 1.165) is 0 Å². The molecule has 74 heavy (non-hydrogen) atoms. The molecule has 402 valence electrons. The van der Waals surface area contributed by atoms with Crippen molar-refractivity contribution in [3.63, 3.8) is 0 Å². The molecule has 8 amide bonds. The topological polar surface area (TPSA) is 411 Å². The van der Waals surface area contributed by atoms with Crippen LogP contribution in [-0.4, -0.2) is 154 Å². The van der Waals surface area contributed by atoms with Crippen molar-refractivity contribution in [2.45, 2.75) is 133 Å². The van der Waals surface area contributed by atoms with Crippen LogP contribution in [0.3, 0.4) is 0 Å². The van der Waals surface area contributed by atoms with E-state index in [0.29, 0.717) is 17.5 Å². The molecular weight excluding hydrogens is 961 g/mol. The molecule has 2 aromatic carbocycles. The number of hydrogen-bond acceptors (Lipinski definition) is 14. The zero-order valence-corrected chi connectivity index (χ0v) is 41.9. The summed E-state index contributed by atoms with van der Waals surface area (Å²) < 4.78 is 0. The first kappa shape index (κ1) is 58.6. The monoisotopic (exact) mass is 1030 g/mol. The molecule has 2 aliphatic rings. The van der Waals surface area contributed by atoms with Crippen molar-refractivity contribution in [1.29, 1.82) is 0 Å². The molecule has 9 atom stereocenters. The zero-order valence-electron chi connectivity index (χ0n) is 41.9. The number of nitrogens with one attached hydrogen (secondary N) is 6. The van der Waals surface area contributed by atoms with Crippen molar-refractivity contribution in [1.82, 2.24) is 36.8 Å². The number of primary amides is 1. The molecule has 0 spiro atoms. The number of nitrogens with two attached hydrogens (primary N) is 4. The molecule has 1 fully saturated rings. The Kier molecular flexibility index (Phi) is 22.4. The van der Waals surface area contributed by atoms with Gasteiger partial charge in [0.25, 0.3) is 0 Å². The predicted octanol–water partition coefficient (Wildman–Crippen LogP) is -2.40. The number of aromatic hydroxyl groups is 1. The van der Waals surface area contributed by atoms with Crippen molar-refractivity contribution in [2.75, 3.05) is 13.1 Å². The van der Waals surface area contributed by atoms with Gasteiger partial charge in [0.05, 0.1) is 18.5 Å². The molecule has 25 heteroatoms. The van der Waals surface area contributed by atoms with Gasteiger partial charge in [0.15, 0.2) is 5.96 Å². The minimum atomic E-state index is -1.41. The van der Waals surface area contributed by atoms with Crippen LogP contribution in [0.5, 0.6) is 5.75 Å². The van der Waals surface area contributed by atoms with Gasteiger partial charge in [0.1, 0.15) is 54.4 Å². The molecule has 25 nitrogen and oxygen atoms in total. The van der Waals surface area contributed by atoms with Crippen molar-refractivity contribution in [3.05, 3.63) is 65.7 Å². The van der Waals surface area contributed by atoms with E-state index in [-0.39, 0.29) is 63.3 Å². The lowest BCUT2D eigenvalue weighted by molar-refractivity contribution is -0.145. The van der Waals surface area contributed by atoms with Crippen LogP contribution >= 0.6 is 0 Å². The van der Waals surface area contributed by atoms with Crippen LogP contribution in [-0.2, 0) is 56.0 Å². The number of rotatable bonds is 28. The van der Waals surface area contributed by atoms with E-state index in [4.69, 9.17) is 22.9 Å². The minimum absolute atomic E-state index is 0.000355. The largest absolute Gasteiger partial charge is 0.508 e. The van der Waals surface area contributed by atoms with Crippen LogP contribution in [0.25, 0.3) is 0 Å². The van der Waals surface area contributed by atoms with Crippen LogP contribution in [0.2, 0.25) is 0 Å². The van der Waals surface area contributed by atoms with Gasteiger partial charge in [-0.3, -0.25) is 48.3 Å². The molecule has 0 radical (unpaired) electrons. The third-order valence-corrected chi connectivity index (χ3v) is 12.2. The number of hydrogen-bond donors (Lipinski definition) is 12. The van der Waals surface area contributed by atoms with Gasteiger partial charge >= 0.3 is 5.97 Å².